The number of urea groups is 1. The van der Waals surface area contributed by atoms with Gasteiger partial charge in [0.2, 0.25) is 0 Å². The van der Waals surface area contributed by atoms with Crippen molar-refractivity contribution in [3.63, 3.8) is 0 Å². The minimum absolute atomic E-state index is 0.233. The van der Waals surface area contributed by atoms with E-state index in [0.717, 1.165) is 22.6 Å². The Balaban J connectivity index is 1.34. The molecule has 2 amide bonds. The second-order valence-electron chi connectivity index (χ2n) is 5.92. The van der Waals surface area contributed by atoms with E-state index in [9.17, 15) is 9.18 Å². The van der Waals surface area contributed by atoms with Crippen LogP contribution in [0, 0.1) is 5.82 Å². The lowest BCUT2D eigenvalue weighted by Gasteiger charge is -2.06. The Bertz CT molecular complexity index is 852. The van der Waals surface area contributed by atoms with Crippen molar-refractivity contribution < 1.29 is 9.18 Å². The Hall–Kier alpha value is -2.80. The van der Waals surface area contributed by atoms with Crippen LogP contribution in [-0.4, -0.2) is 28.1 Å². The monoisotopic (exact) mass is 384 g/mol. The molecular formula is C20H21FN4OS. The number of hydrogen-bond acceptors (Lipinski definition) is 3. The van der Waals surface area contributed by atoms with E-state index >= 15 is 0 Å². The fourth-order valence-electron chi connectivity index (χ4n) is 2.44. The van der Waals surface area contributed by atoms with Gasteiger partial charge in [0, 0.05) is 23.7 Å². The van der Waals surface area contributed by atoms with Gasteiger partial charge in [0.1, 0.15) is 5.82 Å². The first-order chi connectivity index (χ1) is 13.2. The van der Waals surface area contributed by atoms with Gasteiger partial charge in [-0.1, -0.05) is 30.3 Å². The summed E-state index contributed by atoms with van der Waals surface area (Å²) in [7, 11) is 0. The zero-order valence-corrected chi connectivity index (χ0v) is 15.6. The highest BCUT2D eigenvalue weighted by molar-refractivity contribution is 7.99. The van der Waals surface area contributed by atoms with E-state index in [0.29, 0.717) is 18.9 Å². The number of aromatic nitrogens is 2. The fourth-order valence-corrected chi connectivity index (χ4v) is 3.30. The number of hydrogen-bond donors (Lipinski definition) is 2. The predicted molar refractivity (Wildman–Crippen MR) is 107 cm³/mol. The fraction of sp³-hybridized carbons (Fsp3) is 0.200. The molecule has 0 saturated heterocycles. The lowest BCUT2D eigenvalue weighted by Crippen LogP contribution is -2.30. The van der Waals surface area contributed by atoms with Crippen molar-refractivity contribution in [1.82, 2.24) is 15.1 Å². The van der Waals surface area contributed by atoms with Crippen molar-refractivity contribution in [3.05, 3.63) is 78.2 Å². The van der Waals surface area contributed by atoms with Crippen LogP contribution in [0.5, 0.6) is 0 Å². The second-order valence-corrected chi connectivity index (χ2v) is 7.09. The molecule has 0 bridgehead atoms. The molecule has 0 radical (unpaired) electrons. The summed E-state index contributed by atoms with van der Waals surface area (Å²) < 4.78 is 14.6. The van der Waals surface area contributed by atoms with E-state index in [1.807, 2.05) is 36.5 Å². The van der Waals surface area contributed by atoms with Crippen LogP contribution >= 0.6 is 11.8 Å². The van der Waals surface area contributed by atoms with Gasteiger partial charge in [0.05, 0.1) is 6.54 Å². The van der Waals surface area contributed by atoms with Crippen LogP contribution in [0.15, 0.2) is 71.8 Å². The number of halogens is 1. The van der Waals surface area contributed by atoms with Crippen LogP contribution < -0.4 is 10.6 Å². The maximum atomic E-state index is 12.8. The highest BCUT2D eigenvalue weighted by Gasteiger charge is 2.05. The third kappa shape index (κ3) is 6.45. The molecule has 0 aliphatic rings. The molecule has 1 aromatic heterocycles. The maximum Gasteiger partial charge on any atom is 0.320 e. The molecule has 140 valence electrons. The standard InChI is InChI=1S/C20H21FN4OS/c21-17-7-9-18(10-8-17)27-14-4-12-22-20(26)23-19-11-13-25(24-19)15-16-5-2-1-3-6-16/h1-3,5-11,13H,4,12,14-15H2,(H2,22,23,24,26). The molecule has 0 saturated carbocycles. The van der Waals surface area contributed by atoms with Crippen molar-refractivity contribution in [1.29, 1.82) is 0 Å². The van der Waals surface area contributed by atoms with E-state index < -0.39 is 0 Å². The molecule has 1 heterocycles. The molecule has 0 aliphatic carbocycles. The van der Waals surface area contributed by atoms with Crippen molar-refractivity contribution >= 4 is 23.6 Å². The Labute approximate surface area is 162 Å². The number of rotatable bonds is 8. The molecule has 2 N–H and O–H groups in total. The van der Waals surface area contributed by atoms with Gasteiger partial charge in [0.15, 0.2) is 5.82 Å². The number of amides is 2. The van der Waals surface area contributed by atoms with Crippen molar-refractivity contribution in [2.45, 2.75) is 17.9 Å². The first-order valence-corrected chi connectivity index (χ1v) is 9.68. The molecule has 27 heavy (non-hydrogen) atoms. The number of anilines is 1. The van der Waals surface area contributed by atoms with E-state index in [-0.39, 0.29) is 11.8 Å². The zero-order chi connectivity index (χ0) is 18.9. The molecular weight excluding hydrogens is 363 g/mol. The summed E-state index contributed by atoms with van der Waals surface area (Å²) in [5.41, 5.74) is 1.15. The molecule has 0 spiro atoms. The van der Waals surface area contributed by atoms with Gasteiger partial charge in [-0.05, 0) is 42.0 Å². The van der Waals surface area contributed by atoms with Crippen molar-refractivity contribution in [3.8, 4) is 0 Å². The predicted octanol–water partition coefficient (Wildman–Crippen LogP) is 4.37. The van der Waals surface area contributed by atoms with Crippen LogP contribution in [0.3, 0.4) is 0 Å². The summed E-state index contributed by atoms with van der Waals surface area (Å²) in [5.74, 6) is 1.13. The summed E-state index contributed by atoms with van der Waals surface area (Å²) in [5, 5.41) is 9.89. The number of carbonyl (C=O) groups is 1. The Morgan fingerprint density at radius 3 is 2.63 bits per heavy atom. The van der Waals surface area contributed by atoms with Gasteiger partial charge in [-0.2, -0.15) is 5.10 Å². The average Bonchev–Trinajstić information content (AvgIpc) is 3.10. The first-order valence-electron chi connectivity index (χ1n) is 8.70. The average molecular weight is 384 g/mol. The van der Waals surface area contributed by atoms with Gasteiger partial charge in [-0.25, -0.2) is 9.18 Å². The molecule has 2 aromatic carbocycles. The molecule has 0 unspecified atom stereocenters. The second kappa shape index (κ2) is 9.78. The lowest BCUT2D eigenvalue weighted by molar-refractivity contribution is 0.252. The smallest absolute Gasteiger partial charge is 0.320 e. The molecule has 3 aromatic rings. The van der Waals surface area contributed by atoms with Gasteiger partial charge < -0.3 is 5.32 Å². The third-order valence-electron chi connectivity index (χ3n) is 3.76. The van der Waals surface area contributed by atoms with Crippen LogP contribution in [0.2, 0.25) is 0 Å². The summed E-state index contributed by atoms with van der Waals surface area (Å²) in [4.78, 5) is 12.9. The molecule has 0 atom stereocenters. The van der Waals surface area contributed by atoms with Gasteiger partial charge >= 0.3 is 6.03 Å². The highest BCUT2D eigenvalue weighted by Crippen LogP contribution is 2.18. The molecule has 7 heteroatoms. The SMILES string of the molecule is O=C(NCCCSc1ccc(F)cc1)Nc1ccn(Cc2ccccc2)n1. The number of carbonyl (C=O) groups excluding carboxylic acids is 1. The largest absolute Gasteiger partial charge is 0.338 e. The summed E-state index contributed by atoms with van der Waals surface area (Å²) in [6.45, 7) is 1.22. The van der Waals surface area contributed by atoms with Gasteiger partial charge in [-0.15, -0.1) is 11.8 Å². The number of nitrogens with zero attached hydrogens (tertiary/aromatic N) is 2. The zero-order valence-electron chi connectivity index (χ0n) is 14.8. The van der Waals surface area contributed by atoms with Gasteiger partial charge in [-0.3, -0.25) is 10.00 Å². The molecule has 5 nitrogen and oxygen atoms in total. The first kappa shape index (κ1) is 19.0. The summed E-state index contributed by atoms with van der Waals surface area (Å²) >= 11 is 1.63. The summed E-state index contributed by atoms with van der Waals surface area (Å²) in [6, 6.07) is 17.9. The van der Waals surface area contributed by atoms with Crippen molar-refractivity contribution in [2.75, 3.05) is 17.6 Å². The van der Waals surface area contributed by atoms with Crippen LogP contribution in [0.1, 0.15) is 12.0 Å². The van der Waals surface area contributed by atoms with E-state index in [4.69, 9.17) is 0 Å². The van der Waals surface area contributed by atoms with Crippen molar-refractivity contribution in [2.24, 2.45) is 0 Å². The van der Waals surface area contributed by atoms with Crippen LogP contribution in [0.4, 0.5) is 15.0 Å². The summed E-state index contributed by atoms with van der Waals surface area (Å²) in [6.07, 6.45) is 2.65. The number of benzene rings is 2. The number of nitrogens with one attached hydrogen (secondary N) is 2. The Kier molecular flexibility index (Phi) is 6.87. The minimum atomic E-state index is -0.272. The number of thioether (sulfide) groups is 1. The quantitative estimate of drug-likeness (QED) is 0.448. The third-order valence-corrected chi connectivity index (χ3v) is 4.86. The highest BCUT2D eigenvalue weighted by atomic mass is 32.2. The van der Waals surface area contributed by atoms with E-state index in [2.05, 4.69) is 15.7 Å². The normalized spacial score (nSPS) is 10.6. The molecule has 0 aliphatic heterocycles. The van der Waals surface area contributed by atoms with E-state index in [1.54, 1.807) is 34.6 Å². The Morgan fingerprint density at radius 1 is 1.07 bits per heavy atom. The van der Waals surface area contributed by atoms with Gasteiger partial charge in [0.25, 0.3) is 0 Å². The van der Waals surface area contributed by atoms with Crippen LogP contribution in [-0.2, 0) is 6.54 Å². The minimum Gasteiger partial charge on any atom is -0.338 e. The van der Waals surface area contributed by atoms with Crippen LogP contribution in [0.25, 0.3) is 0 Å². The Morgan fingerprint density at radius 2 is 1.85 bits per heavy atom. The maximum absolute atomic E-state index is 12.8. The molecule has 3 rings (SSSR count). The lowest BCUT2D eigenvalue weighted by atomic mass is 10.2. The van der Waals surface area contributed by atoms with E-state index in [1.165, 1.54) is 12.1 Å². The molecule has 0 fully saturated rings. The topological polar surface area (TPSA) is 59.0 Å².